The average molecular weight is 369 g/mol. The second-order valence-electron chi connectivity index (χ2n) is 4.00. The fraction of sp³-hybridized carbons (Fsp3) is 0.600. The Labute approximate surface area is 158 Å². The van der Waals surface area contributed by atoms with Gasteiger partial charge in [-0.05, 0) is 0 Å². The number of rotatable bonds is 11. The molecule has 0 fully saturated rings. The molecule has 0 spiro atoms. The molecular formula is C10H22N2NaO11. The van der Waals surface area contributed by atoms with E-state index in [0.717, 1.165) is 9.80 Å². The van der Waals surface area contributed by atoms with E-state index < -0.39 is 50.1 Å². The maximum atomic E-state index is 10.6. The molecule has 0 aromatic carbocycles. The van der Waals surface area contributed by atoms with Crippen molar-refractivity contribution in [3.63, 3.8) is 0 Å². The summed E-state index contributed by atoms with van der Waals surface area (Å²) in [5.41, 5.74) is 0. The van der Waals surface area contributed by atoms with E-state index in [1.54, 1.807) is 0 Å². The molecule has 10 N–H and O–H groups in total. The summed E-state index contributed by atoms with van der Waals surface area (Å²) in [6.45, 7) is -2.25. The molecule has 0 aromatic rings. The second kappa shape index (κ2) is 18.0. The Morgan fingerprint density at radius 3 is 0.833 bits per heavy atom. The van der Waals surface area contributed by atoms with E-state index in [4.69, 9.17) is 20.4 Å². The molecule has 1 radical (unpaired) electrons. The van der Waals surface area contributed by atoms with Crippen LogP contribution in [0.2, 0.25) is 0 Å². The summed E-state index contributed by atoms with van der Waals surface area (Å²) < 4.78 is 0. The predicted molar refractivity (Wildman–Crippen MR) is 80.0 cm³/mol. The number of nitrogens with zero attached hydrogens (tertiary/aromatic N) is 2. The molecule has 0 amide bonds. The van der Waals surface area contributed by atoms with E-state index in [-0.39, 0.29) is 59.1 Å². The molecular weight excluding hydrogens is 347 g/mol. The van der Waals surface area contributed by atoms with Crippen LogP contribution >= 0.6 is 0 Å². The number of hydrogen-bond donors (Lipinski definition) is 4. The first-order chi connectivity index (χ1) is 9.20. The molecule has 14 heteroatoms. The van der Waals surface area contributed by atoms with Crippen LogP contribution in [0.15, 0.2) is 0 Å². The van der Waals surface area contributed by atoms with Gasteiger partial charge < -0.3 is 36.9 Å². The van der Waals surface area contributed by atoms with E-state index in [1.807, 2.05) is 0 Å². The molecule has 0 aromatic heterocycles. The van der Waals surface area contributed by atoms with Crippen LogP contribution in [0.3, 0.4) is 0 Å². The summed E-state index contributed by atoms with van der Waals surface area (Å²) in [7, 11) is 0. The Bertz CT molecular complexity index is 325. The summed E-state index contributed by atoms with van der Waals surface area (Å²) in [4.78, 5) is 44.4. The number of hydrogen-bond acceptors (Lipinski definition) is 6. The van der Waals surface area contributed by atoms with Crippen LogP contribution in [0.5, 0.6) is 0 Å². The van der Waals surface area contributed by atoms with E-state index in [2.05, 4.69) is 0 Å². The maximum Gasteiger partial charge on any atom is 0.317 e. The zero-order chi connectivity index (χ0) is 15.7. The largest absolute Gasteiger partial charge is 0.480 e. The number of aliphatic carboxylic acids is 4. The quantitative estimate of drug-likeness (QED) is 0.252. The van der Waals surface area contributed by atoms with Gasteiger partial charge in [0.05, 0.1) is 26.2 Å². The minimum atomic E-state index is -1.23. The third kappa shape index (κ3) is 20.7. The maximum absolute atomic E-state index is 10.6. The normalized spacial score (nSPS) is 8.92. The van der Waals surface area contributed by atoms with Crippen molar-refractivity contribution in [1.29, 1.82) is 0 Å². The minimum Gasteiger partial charge on any atom is -0.480 e. The van der Waals surface area contributed by atoms with Crippen LogP contribution in [-0.2, 0) is 19.2 Å². The molecule has 0 saturated carbocycles. The molecule has 0 aliphatic rings. The molecule has 13 nitrogen and oxygen atoms in total. The van der Waals surface area contributed by atoms with Gasteiger partial charge >= 0.3 is 23.9 Å². The Kier molecular flexibility index (Phi) is 25.6. The van der Waals surface area contributed by atoms with Crippen LogP contribution in [0, 0.1) is 0 Å². The first kappa shape index (κ1) is 34.1. The molecule has 0 saturated heterocycles. The topological polar surface area (TPSA) is 250 Å². The molecule has 0 heterocycles. The average Bonchev–Trinajstić information content (AvgIpc) is 2.22. The van der Waals surface area contributed by atoms with Gasteiger partial charge in [0.2, 0.25) is 0 Å². The van der Waals surface area contributed by atoms with E-state index in [0.29, 0.717) is 0 Å². The summed E-state index contributed by atoms with van der Waals surface area (Å²) >= 11 is 0. The standard InChI is InChI=1S/C10H16N2O8.Na.3H2O/c13-7(14)3-11(4-8(15)16)1-2-12(5-9(17)18)6-10(19)20;;;;/h1-6H2,(H,13,14)(H,15,16)(H,17,18)(H,19,20);;3*1H2. The molecule has 0 unspecified atom stereocenters. The van der Waals surface area contributed by atoms with Crippen molar-refractivity contribution in [2.24, 2.45) is 0 Å². The van der Waals surface area contributed by atoms with Gasteiger partial charge in [0.15, 0.2) is 0 Å². The van der Waals surface area contributed by atoms with Gasteiger partial charge in [-0.25, -0.2) is 0 Å². The monoisotopic (exact) mass is 369 g/mol. The summed E-state index contributed by atoms with van der Waals surface area (Å²) in [5, 5.41) is 34.5. The zero-order valence-corrected chi connectivity index (χ0v) is 15.1. The van der Waals surface area contributed by atoms with Crippen LogP contribution < -0.4 is 0 Å². The smallest absolute Gasteiger partial charge is 0.317 e. The van der Waals surface area contributed by atoms with Crippen molar-refractivity contribution in [2.75, 3.05) is 39.3 Å². The second-order valence-corrected chi connectivity index (χ2v) is 4.00. The Morgan fingerprint density at radius 1 is 0.542 bits per heavy atom. The van der Waals surface area contributed by atoms with Gasteiger partial charge in [0.25, 0.3) is 0 Å². The molecule has 0 aliphatic carbocycles. The number of carboxylic acids is 4. The number of carboxylic acid groups (broad SMARTS) is 4. The Balaban J connectivity index is -0.000000301. The van der Waals surface area contributed by atoms with Crippen molar-refractivity contribution < 1.29 is 56.0 Å². The van der Waals surface area contributed by atoms with Gasteiger partial charge in [-0.2, -0.15) is 0 Å². The molecule has 24 heavy (non-hydrogen) atoms. The molecule has 0 rings (SSSR count). The van der Waals surface area contributed by atoms with Crippen LogP contribution in [0.1, 0.15) is 0 Å². The van der Waals surface area contributed by atoms with Gasteiger partial charge in [0.1, 0.15) is 0 Å². The SMILES string of the molecule is O.O.O.O=C(O)CN(CCN(CC(=O)O)CC(=O)O)CC(=O)O.[Na]. The summed E-state index contributed by atoms with van der Waals surface area (Å²) in [6, 6.07) is 0. The van der Waals surface area contributed by atoms with Gasteiger partial charge in [-0.15, -0.1) is 0 Å². The summed E-state index contributed by atoms with van der Waals surface area (Å²) in [6.07, 6.45) is 0. The minimum absolute atomic E-state index is 0. The molecule has 0 atom stereocenters. The van der Waals surface area contributed by atoms with Crippen molar-refractivity contribution in [3.8, 4) is 0 Å². The molecule has 0 aliphatic heterocycles. The van der Waals surface area contributed by atoms with E-state index >= 15 is 0 Å². The van der Waals surface area contributed by atoms with Crippen LogP contribution in [0.25, 0.3) is 0 Å². The third-order valence-electron chi connectivity index (χ3n) is 2.17. The fourth-order valence-electron chi connectivity index (χ4n) is 1.48. The fourth-order valence-corrected chi connectivity index (χ4v) is 1.48. The molecule has 0 bridgehead atoms. The first-order valence-corrected chi connectivity index (χ1v) is 5.52. The van der Waals surface area contributed by atoms with Crippen LogP contribution in [-0.4, -0.2) is 139 Å². The van der Waals surface area contributed by atoms with Gasteiger partial charge in [-0.1, -0.05) is 0 Å². The van der Waals surface area contributed by atoms with E-state index in [9.17, 15) is 19.2 Å². The Morgan fingerprint density at radius 2 is 0.708 bits per heavy atom. The summed E-state index contributed by atoms with van der Waals surface area (Å²) in [5.74, 6) is -4.91. The first-order valence-electron chi connectivity index (χ1n) is 5.52. The number of carbonyl (C=O) groups is 4. The van der Waals surface area contributed by atoms with Crippen molar-refractivity contribution in [3.05, 3.63) is 0 Å². The Hall–Kier alpha value is -1.32. The zero-order valence-electron chi connectivity index (χ0n) is 13.1. The van der Waals surface area contributed by atoms with Crippen molar-refractivity contribution in [1.82, 2.24) is 9.80 Å². The third-order valence-corrected chi connectivity index (χ3v) is 2.17. The van der Waals surface area contributed by atoms with Crippen LogP contribution in [0.4, 0.5) is 0 Å². The van der Waals surface area contributed by atoms with Crippen molar-refractivity contribution in [2.45, 2.75) is 0 Å². The predicted octanol–water partition coefficient (Wildman–Crippen LogP) is -4.93. The van der Waals surface area contributed by atoms with Gasteiger partial charge in [-0.3, -0.25) is 29.0 Å². The molecule has 139 valence electrons. The van der Waals surface area contributed by atoms with Crippen molar-refractivity contribution >= 4 is 53.4 Å². The van der Waals surface area contributed by atoms with E-state index in [1.165, 1.54) is 0 Å². The van der Waals surface area contributed by atoms with Gasteiger partial charge in [0, 0.05) is 42.6 Å².